The molecule has 12 heavy (non-hydrogen) atoms. The first-order valence-corrected chi connectivity index (χ1v) is 5.14. The summed E-state index contributed by atoms with van der Waals surface area (Å²) in [7, 11) is -1.11. The van der Waals surface area contributed by atoms with Crippen LogP contribution in [0, 0.1) is 0 Å². The zero-order valence-electron chi connectivity index (χ0n) is 8.04. The van der Waals surface area contributed by atoms with E-state index in [2.05, 4.69) is 11.0 Å². The molecule has 0 aromatic carbocycles. The molecule has 0 bridgehead atoms. The van der Waals surface area contributed by atoms with Crippen molar-refractivity contribution in [3.8, 4) is 0 Å². The van der Waals surface area contributed by atoms with Crippen molar-refractivity contribution in [3.63, 3.8) is 0 Å². The maximum absolute atomic E-state index is 11.3. The summed E-state index contributed by atoms with van der Waals surface area (Å²) in [5.41, 5.74) is 0. The second-order valence-electron chi connectivity index (χ2n) is 3.52. The van der Waals surface area contributed by atoms with Gasteiger partial charge in [0.15, 0.2) is 0 Å². The zero-order valence-corrected chi connectivity index (χ0v) is 8.86. The van der Waals surface area contributed by atoms with E-state index in [0.29, 0.717) is 0 Å². The van der Waals surface area contributed by atoms with Crippen LogP contribution in [0.3, 0.4) is 0 Å². The van der Waals surface area contributed by atoms with Gasteiger partial charge in [0.2, 0.25) is 0 Å². The Hall–Kier alpha value is -0.440. The summed E-state index contributed by atoms with van der Waals surface area (Å²) in [5, 5.41) is 0. The van der Waals surface area contributed by atoms with Crippen molar-refractivity contribution in [2.45, 2.75) is 38.4 Å². The predicted octanol–water partition coefficient (Wildman–Crippen LogP) is 2.49. The first-order chi connectivity index (χ1) is 5.48. The largest absolute Gasteiger partial charge is 0.234 e. The normalized spacial score (nSPS) is 14.9. The second kappa shape index (κ2) is 5.25. The molecule has 1 atom stereocenters. The van der Waals surface area contributed by atoms with Crippen molar-refractivity contribution in [1.29, 1.82) is 0 Å². The van der Waals surface area contributed by atoms with E-state index in [1.807, 2.05) is 26.8 Å². The SMILES string of the molecule is C=CCC/C=N\[S@@](=O)C(C)(C)C. The van der Waals surface area contributed by atoms with Gasteiger partial charge in [-0.3, -0.25) is 0 Å². The number of hydrogen-bond donors (Lipinski definition) is 0. The third-order valence-corrected chi connectivity index (χ3v) is 2.58. The Morgan fingerprint density at radius 3 is 2.42 bits per heavy atom. The summed E-state index contributed by atoms with van der Waals surface area (Å²) in [6.07, 6.45) is 5.26. The van der Waals surface area contributed by atoms with Crippen molar-refractivity contribution in [1.82, 2.24) is 0 Å². The summed E-state index contributed by atoms with van der Waals surface area (Å²) in [4.78, 5) is 0. The average Bonchev–Trinajstić information content (AvgIpc) is 1.96. The van der Waals surface area contributed by atoms with E-state index in [1.165, 1.54) is 0 Å². The van der Waals surface area contributed by atoms with Crippen molar-refractivity contribution in [2.75, 3.05) is 0 Å². The Kier molecular flexibility index (Phi) is 5.06. The molecule has 70 valence electrons. The molecular formula is C9H17NOS. The van der Waals surface area contributed by atoms with E-state index in [4.69, 9.17) is 0 Å². The highest BCUT2D eigenvalue weighted by Crippen LogP contribution is 2.11. The molecule has 0 aliphatic rings. The standard InChI is InChI=1S/C9H17NOS/c1-5-6-7-8-10-12(11)9(2,3)4/h5,8H,1,6-7H2,2-4H3/b10-8-/t12-/m0/s1. The lowest BCUT2D eigenvalue weighted by Crippen LogP contribution is -2.19. The lowest BCUT2D eigenvalue weighted by molar-refractivity contribution is 0.650. The van der Waals surface area contributed by atoms with Crippen molar-refractivity contribution < 1.29 is 4.21 Å². The predicted molar refractivity (Wildman–Crippen MR) is 55.8 cm³/mol. The van der Waals surface area contributed by atoms with Crippen LogP contribution < -0.4 is 0 Å². The maximum Gasteiger partial charge on any atom is 0.144 e. The Morgan fingerprint density at radius 1 is 1.42 bits per heavy atom. The lowest BCUT2D eigenvalue weighted by Gasteiger charge is -2.12. The van der Waals surface area contributed by atoms with Crippen LogP contribution in [0.15, 0.2) is 17.1 Å². The highest BCUT2D eigenvalue weighted by atomic mass is 32.2. The highest BCUT2D eigenvalue weighted by molar-refractivity contribution is 7.85. The number of allylic oxidation sites excluding steroid dienone is 1. The van der Waals surface area contributed by atoms with E-state index in [9.17, 15) is 4.21 Å². The second-order valence-corrected chi connectivity index (χ2v) is 5.45. The molecule has 0 saturated carbocycles. The molecule has 0 aliphatic heterocycles. The summed E-state index contributed by atoms with van der Waals surface area (Å²) >= 11 is 0. The minimum Gasteiger partial charge on any atom is -0.234 e. The van der Waals surface area contributed by atoms with Gasteiger partial charge in [-0.2, -0.15) is 4.40 Å². The van der Waals surface area contributed by atoms with E-state index in [0.717, 1.165) is 12.8 Å². The molecule has 0 unspecified atom stereocenters. The minimum atomic E-state index is -1.11. The van der Waals surface area contributed by atoms with Gasteiger partial charge in [-0.25, -0.2) is 4.21 Å². The summed E-state index contributed by atoms with van der Waals surface area (Å²) in [5.74, 6) is 0. The molecular weight excluding hydrogens is 170 g/mol. The molecule has 0 aliphatic carbocycles. The monoisotopic (exact) mass is 187 g/mol. The molecule has 0 spiro atoms. The molecule has 0 fully saturated rings. The first-order valence-electron chi connectivity index (χ1n) is 4.04. The molecule has 0 heterocycles. The van der Waals surface area contributed by atoms with Crippen LogP contribution >= 0.6 is 0 Å². The van der Waals surface area contributed by atoms with Gasteiger partial charge in [0.05, 0.1) is 4.75 Å². The number of unbranched alkanes of at least 4 members (excludes halogenated alkanes) is 1. The van der Waals surface area contributed by atoms with E-state index >= 15 is 0 Å². The van der Waals surface area contributed by atoms with Gasteiger partial charge < -0.3 is 0 Å². The van der Waals surface area contributed by atoms with Crippen molar-refractivity contribution >= 4 is 17.2 Å². The molecule has 2 nitrogen and oxygen atoms in total. The number of hydrogen-bond acceptors (Lipinski definition) is 1. The third kappa shape index (κ3) is 5.24. The molecule has 0 radical (unpaired) electrons. The fraction of sp³-hybridized carbons (Fsp3) is 0.667. The van der Waals surface area contributed by atoms with Crippen LogP contribution in [0.25, 0.3) is 0 Å². The first kappa shape index (κ1) is 11.6. The molecule has 0 rings (SSSR count). The van der Waals surface area contributed by atoms with Gasteiger partial charge in [0, 0.05) is 6.21 Å². The Labute approximate surface area is 77.4 Å². The topological polar surface area (TPSA) is 29.4 Å². The van der Waals surface area contributed by atoms with Gasteiger partial charge in [0.1, 0.15) is 11.0 Å². The minimum absolute atomic E-state index is 0.245. The Morgan fingerprint density at radius 2 is 2.00 bits per heavy atom. The van der Waals surface area contributed by atoms with Crippen LogP contribution in [0.4, 0.5) is 0 Å². The van der Waals surface area contributed by atoms with Crippen LogP contribution in [0.2, 0.25) is 0 Å². The molecule has 0 aromatic heterocycles. The van der Waals surface area contributed by atoms with Crippen LogP contribution in [-0.4, -0.2) is 15.2 Å². The van der Waals surface area contributed by atoms with Crippen LogP contribution in [0.5, 0.6) is 0 Å². The van der Waals surface area contributed by atoms with Gasteiger partial charge in [-0.05, 0) is 33.6 Å². The van der Waals surface area contributed by atoms with Crippen LogP contribution in [-0.2, 0) is 11.0 Å². The Balaban J connectivity index is 3.84. The van der Waals surface area contributed by atoms with Crippen molar-refractivity contribution in [3.05, 3.63) is 12.7 Å². The van der Waals surface area contributed by atoms with Crippen molar-refractivity contribution in [2.24, 2.45) is 4.40 Å². The van der Waals surface area contributed by atoms with Gasteiger partial charge in [0.25, 0.3) is 0 Å². The van der Waals surface area contributed by atoms with Gasteiger partial charge in [-0.1, -0.05) is 6.08 Å². The summed E-state index contributed by atoms with van der Waals surface area (Å²) in [6, 6.07) is 0. The molecule has 0 aromatic rings. The number of nitrogens with zero attached hydrogens (tertiary/aromatic N) is 1. The molecule has 0 N–H and O–H groups in total. The van der Waals surface area contributed by atoms with E-state index < -0.39 is 11.0 Å². The smallest absolute Gasteiger partial charge is 0.144 e. The molecule has 3 heteroatoms. The van der Waals surface area contributed by atoms with Crippen LogP contribution in [0.1, 0.15) is 33.6 Å². The third-order valence-electron chi connectivity index (χ3n) is 1.19. The van der Waals surface area contributed by atoms with E-state index in [1.54, 1.807) is 6.21 Å². The quantitative estimate of drug-likeness (QED) is 0.378. The average molecular weight is 187 g/mol. The fourth-order valence-electron chi connectivity index (χ4n) is 0.471. The lowest BCUT2D eigenvalue weighted by atomic mass is 10.3. The van der Waals surface area contributed by atoms with Gasteiger partial charge >= 0.3 is 0 Å². The number of rotatable bonds is 4. The molecule has 0 amide bonds. The highest BCUT2D eigenvalue weighted by Gasteiger charge is 2.17. The zero-order chi connectivity index (χ0) is 9.61. The maximum atomic E-state index is 11.3. The van der Waals surface area contributed by atoms with Gasteiger partial charge in [-0.15, -0.1) is 6.58 Å². The summed E-state index contributed by atoms with van der Waals surface area (Å²) < 4.78 is 15.0. The molecule has 0 saturated heterocycles. The van der Waals surface area contributed by atoms with E-state index in [-0.39, 0.29) is 4.75 Å². The summed E-state index contributed by atoms with van der Waals surface area (Å²) in [6.45, 7) is 9.32. The Bertz CT molecular complexity index is 191. The fourth-order valence-corrected chi connectivity index (χ4v) is 1.03.